The number of carbonyl (C=O) groups excluding carboxylic acids is 1. The van der Waals surface area contributed by atoms with Gasteiger partial charge in [-0.3, -0.25) is 4.79 Å². The summed E-state index contributed by atoms with van der Waals surface area (Å²) in [5.74, 6) is 0.914. The van der Waals surface area contributed by atoms with Gasteiger partial charge in [0.1, 0.15) is 0 Å². The summed E-state index contributed by atoms with van der Waals surface area (Å²) in [6.45, 7) is 3.03. The second kappa shape index (κ2) is 7.47. The standard InChI is InChI=1S/C18H25ClN2O/c19-17-6-2-1-4-15(17)13-16-5-3-11-21(16)18(22)12-14-7-9-20-10-8-14/h1-2,4,6,14,16,20H,3,5,7-13H2/t16-/m1/s1. The van der Waals surface area contributed by atoms with Gasteiger partial charge in [-0.05, 0) is 62.7 Å². The van der Waals surface area contributed by atoms with Crippen LogP contribution in [0.2, 0.25) is 5.02 Å². The lowest BCUT2D eigenvalue weighted by Gasteiger charge is -2.28. The van der Waals surface area contributed by atoms with Crippen LogP contribution in [0, 0.1) is 5.92 Å². The fraction of sp³-hybridized carbons (Fsp3) is 0.611. The molecule has 0 bridgehead atoms. The van der Waals surface area contributed by atoms with Crippen LogP contribution in [-0.2, 0) is 11.2 Å². The first kappa shape index (κ1) is 15.8. The number of benzene rings is 1. The molecule has 2 saturated heterocycles. The second-order valence-corrected chi connectivity index (χ2v) is 6.98. The van der Waals surface area contributed by atoms with Crippen LogP contribution in [0.1, 0.15) is 37.7 Å². The Morgan fingerprint density at radius 2 is 2.00 bits per heavy atom. The first-order valence-corrected chi connectivity index (χ1v) is 8.85. The third kappa shape index (κ3) is 3.82. The predicted molar refractivity (Wildman–Crippen MR) is 90.1 cm³/mol. The summed E-state index contributed by atoms with van der Waals surface area (Å²) < 4.78 is 0. The molecule has 22 heavy (non-hydrogen) atoms. The maximum Gasteiger partial charge on any atom is 0.223 e. The molecule has 2 fully saturated rings. The van der Waals surface area contributed by atoms with Crippen LogP contribution in [0.15, 0.2) is 24.3 Å². The zero-order chi connectivity index (χ0) is 15.4. The highest BCUT2D eigenvalue weighted by atomic mass is 35.5. The van der Waals surface area contributed by atoms with E-state index in [0.29, 0.717) is 17.9 Å². The smallest absolute Gasteiger partial charge is 0.223 e. The summed E-state index contributed by atoms with van der Waals surface area (Å²) in [5, 5.41) is 4.19. The molecule has 0 unspecified atom stereocenters. The average molecular weight is 321 g/mol. The highest BCUT2D eigenvalue weighted by Gasteiger charge is 2.30. The number of likely N-dealkylation sites (tertiary alicyclic amines) is 1. The number of halogens is 1. The third-order valence-corrected chi connectivity index (χ3v) is 5.40. The molecule has 1 aromatic carbocycles. The van der Waals surface area contributed by atoms with Crippen molar-refractivity contribution in [2.24, 2.45) is 5.92 Å². The van der Waals surface area contributed by atoms with E-state index in [1.807, 2.05) is 18.2 Å². The van der Waals surface area contributed by atoms with E-state index in [-0.39, 0.29) is 0 Å². The van der Waals surface area contributed by atoms with Crippen LogP contribution in [0.25, 0.3) is 0 Å². The molecule has 2 aliphatic heterocycles. The summed E-state index contributed by atoms with van der Waals surface area (Å²) in [5.41, 5.74) is 1.16. The van der Waals surface area contributed by atoms with Crippen LogP contribution in [-0.4, -0.2) is 36.5 Å². The zero-order valence-electron chi connectivity index (χ0n) is 13.1. The molecule has 2 heterocycles. The summed E-state index contributed by atoms with van der Waals surface area (Å²) in [4.78, 5) is 14.8. The average Bonchev–Trinajstić information content (AvgIpc) is 2.99. The Labute approximate surface area is 138 Å². The van der Waals surface area contributed by atoms with E-state index in [4.69, 9.17) is 11.6 Å². The first-order chi connectivity index (χ1) is 10.7. The number of nitrogens with one attached hydrogen (secondary N) is 1. The fourth-order valence-corrected chi connectivity index (χ4v) is 3.96. The Morgan fingerprint density at radius 3 is 2.77 bits per heavy atom. The van der Waals surface area contributed by atoms with Crippen LogP contribution in [0.4, 0.5) is 0 Å². The molecule has 3 rings (SSSR count). The van der Waals surface area contributed by atoms with Gasteiger partial charge < -0.3 is 10.2 Å². The lowest BCUT2D eigenvalue weighted by Crippen LogP contribution is -2.39. The van der Waals surface area contributed by atoms with Crippen molar-refractivity contribution in [2.45, 2.75) is 44.6 Å². The highest BCUT2D eigenvalue weighted by Crippen LogP contribution is 2.27. The maximum atomic E-state index is 12.7. The van der Waals surface area contributed by atoms with Gasteiger partial charge in [-0.25, -0.2) is 0 Å². The van der Waals surface area contributed by atoms with Crippen molar-refractivity contribution >= 4 is 17.5 Å². The Hall–Kier alpha value is -1.06. The maximum absolute atomic E-state index is 12.7. The van der Waals surface area contributed by atoms with Crippen LogP contribution in [0.3, 0.4) is 0 Å². The number of amides is 1. The lowest BCUT2D eigenvalue weighted by atomic mass is 9.93. The number of hydrogen-bond donors (Lipinski definition) is 1. The number of nitrogens with zero attached hydrogens (tertiary/aromatic N) is 1. The number of rotatable bonds is 4. The van der Waals surface area contributed by atoms with Gasteiger partial charge in [-0.15, -0.1) is 0 Å². The van der Waals surface area contributed by atoms with Crippen LogP contribution >= 0.6 is 11.6 Å². The van der Waals surface area contributed by atoms with Gasteiger partial charge in [-0.1, -0.05) is 29.8 Å². The molecule has 1 amide bonds. The van der Waals surface area contributed by atoms with Crippen molar-refractivity contribution in [2.75, 3.05) is 19.6 Å². The molecule has 1 N–H and O–H groups in total. The SMILES string of the molecule is O=C(CC1CCNCC1)N1CCC[C@@H]1Cc1ccccc1Cl. The molecule has 0 spiro atoms. The second-order valence-electron chi connectivity index (χ2n) is 6.58. The van der Waals surface area contributed by atoms with Crippen LogP contribution < -0.4 is 5.32 Å². The minimum Gasteiger partial charge on any atom is -0.339 e. The van der Waals surface area contributed by atoms with Gasteiger partial charge >= 0.3 is 0 Å². The van der Waals surface area contributed by atoms with Crippen molar-refractivity contribution < 1.29 is 4.79 Å². The van der Waals surface area contributed by atoms with Crippen molar-refractivity contribution in [3.8, 4) is 0 Å². The van der Waals surface area contributed by atoms with Crippen LogP contribution in [0.5, 0.6) is 0 Å². The molecule has 0 radical (unpaired) electrons. The normalized spacial score (nSPS) is 23.0. The Morgan fingerprint density at radius 1 is 1.23 bits per heavy atom. The van der Waals surface area contributed by atoms with Crippen molar-refractivity contribution in [1.29, 1.82) is 0 Å². The van der Waals surface area contributed by atoms with E-state index in [1.165, 1.54) is 0 Å². The van der Waals surface area contributed by atoms with Gasteiger partial charge in [0.25, 0.3) is 0 Å². The molecule has 4 heteroatoms. The quantitative estimate of drug-likeness (QED) is 0.923. The topological polar surface area (TPSA) is 32.3 Å². The van der Waals surface area contributed by atoms with E-state index in [0.717, 1.165) is 68.7 Å². The van der Waals surface area contributed by atoms with Gasteiger partial charge in [-0.2, -0.15) is 0 Å². The summed E-state index contributed by atoms with van der Waals surface area (Å²) in [6, 6.07) is 8.33. The highest BCUT2D eigenvalue weighted by molar-refractivity contribution is 6.31. The Kier molecular flexibility index (Phi) is 5.37. The Bertz CT molecular complexity index is 514. The molecular weight excluding hydrogens is 296 g/mol. The fourth-order valence-electron chi connectivity index (χ4n) is 3.74. The van der Waals surface area contributed by atoms with Gasteiger partial charge in [0.2, 0.25) is 5.91 Å². The van der Waals surface area contributed by atoms with Gasteiger partial charge in [0, 0.05) is 24.0 Å². The molecule has 1 atom stereocenters. The molecule has 2 aliphatic rings. The van der Waals surface area contributed by atoms with Gasteiger partial charge in [0.15, 0.2) is 0 Å². The van der Waals surface area contributed by atoms with E-state index >= 15 is 0 Å². The predicted octanol–water partition coefficient (Wildman–Crippen LogP) is 3.26. The minimum absolute atomic E-state index is 0.328. The monoisotopic (exact) mass is 320 g/mol. The summed E-state index contributed by atoms with van der Waals surface area (Å²) >= 11 is 6.28. The van der Waals surface area contributed by atoms with E-state index in [1.54, 1.807) is 0 Å². The number of piperidine rings is 1. The largest absolute Gasteiger partial charge is 0.339 e. The minimum atomic E-state index is 0.328. The molecule has 3 nitrogen and oxygen atoms in total. The molecule has 0 aromatic heterocycles. The van der Waals surface area contributed by atoms with Crippen molar-refractivity contribution in [1.82, 2.24) is 10.2 Å². The zero-order valence-corrected chi connectivity index (χ0v) is 13.8. The lowest BCUT2D eigenvalue weighted by molar-refractivity contribution is -0.133. The third-order valence-electron chi connectivity index (χ3n) is 5.03. The number of carbonyl (C=O) groups is 1. The first-order valence-electron chi connectivity index (χ1n) is 8.47. The molecule has 1 aromatic rings. The molecule has 0 saturated carbocycles. The summed E-state index contributed by atoms with van der Waals surface area (Å²) in [7, 11) is 0. The van der Waals surface area contributed by atoms with E-state index < -0.39 is 0 Å². The molecule has 0 aliphatic carbocycles. The van der Waals surface area contributed by atoms with Gasteiger partial charge in [0.05, 0.1) is 0 Å². The molecule has 120 valence electrons. The summed E-state index contributed by atoms with van der Waals surface area (Å²) in [6.07, 6.45) is 6.10. The van der Waals surface area contributed by atoms with Crippen molar-refractivity contribution in [3.05, 3.63) is 34.9 Å². The van der Waals surface area contributed by atoms with E-state index in [9.17, 15) is 4.79 Å². The Balaban J connectivity index is 1.60. The van der Waals surface area contributed by atoms with Crippen molar-refractivity contribution in [3.63, 3.8) is 0 Å². The van der Waals surface area contributed by atoms with E-state index in [2.05, 4.69) is 16.3 Å². The molecular formula is C18H25ClN2O. The number of hydrogen-bond acceptors (Lipinski definition) is 2.